The van der Waals surface area contributed by atoms with Crippen molar-refractivity contribution in [1.29, 1.82) is 0 Å². The van der Waals surface area contributed by atoms with Crippen LogP contribution in [0.2, 0.25) is 0 Å². The SMILES string of the molecule is CC(=O)N[C@H](CC(=O)N1CCN(Cc2cccnc2)CC1)c1cccs1. The smallest absolute Gasteiger partial charge is 0.225 e. The maximum atomic E-state index is 12.7. The fraction of sp³-hybridized carbons (Fsp3) is 0.421. The second-order valence-electron chi connectivity index (χ2n) is 6.49. The van der Waals surface area contributed by atoms with Crippen LogP contribution in [0.25, 0.3) is 0 Å². The van der Waals surface area contributed by atoms with Gasteiger partial charge in [-0.1, -0.05) is 12.1 Å². The molecule has 26 heavy (non-hydrogen) atoms. The van der Waals surface area contributed by atoms with E-state index < -0.39 is 0 Å². The molecule has 6 nitrogen and oxygen atoms in total. The minimum atomic E-state index is -0.242. The molecule has 2 aromatic rings. The van der Waals surface area contributed by atoms with Gasteiger partial charge in [-0.3, -0.25) is 19.5 Å². The highest BCUT2D eigenvalue weighted by atomic mass is 32.1. The molecule has 1 aliphatic heterocycles. The van der Waals surface area contributed by atoms with Crippen molar-refractivity contribution >= 4 is 23.2 Å². The Balaban J connectivity index is 1.51. The predicted octanol–water partition coefficient (Wildman–Crippen LogP) is 2.05. The molecule has 2 aromatic heterocycles. The maximum Gasteiger partial charge on any atom is 0.225 e. The van der Waals surface area contributed by atoms with Crippen LogP contribution >= 0.6 is 11.3 Å². The van der Waals surface area contributed by atoms with E-state index in [4.69, 9.17) is 0 Å². The number of thiophene rings is 1. The van der Waals surface area contributed by atoms with Crippen LogP contribution in [0.3, 0.4) is 0 Å². The normalized spacial score (nSPS) is 16.3. The summed E-state index contributed by atoms with van der Waals surface area (Å²) in [6.07, 6.45) is 3.97. The second kappa shape index (κ2) is 8.91. The van der Waals surface area contributed by atoms with Crippen LogP contribution in [0.4, 0.5) is 0 Å². The van der Waals surface area contributed by atoms with Gasteiger partial charge in [0.25, 0.3) is 0 Å². The van der Waals surface area contributed by atoms with Crippen molar-refractivity contribution in [2.45, 2.75) is 25.9 Å². The number of piperazine rings is 1. The fourth-order valence-electron chi connectivity index (χ4n) is 3.17. The number of nitrogens with one attached hydrogen (secondary N) is 1. The molecule has 138 valence electrons. The topological polar surface area (TPSA) is 65.5 Å². The third kappa shape index (κ3) is 5.12. The van der Waals surface area contributed by atoms with Crippen molar-refractivity contribution < 1.29 is 9.59 Å². The summed E-state index contributed by atoms with van der Waals surface area (Å²) in [5.41, 5.74) is 1.19. The monoisotopic (exact) mass is 372 g/mol. The van der Waals surface area contributed by atoms with Gasteiger partial charge in [-0.2, -0.15) is 0 Å². The van der Waals surface area contributed by atoms with Crippen molar-refractivity contribution in [3.63, 3.8) is 0 Å². The molecule has 7 heteroatoms. The quantitative estimate of drug-likeness (QED) is 0.843. The fourth-order valence-corrected chi connectivity index (χ4v) is 3.94. The Morgan fingerprint density at radius 2 is 2.04 bits per heavy atom. The Labute approximate surface area is 157 Å². The Kier molecular flexibility index (Phi) is 6.35. The molecule has 0 bridgehead atoms. The highest BCUT2D eigenvalue weighted by Gasteiger charge is 2.25. The summed E-state index contributed by atoms with van der Waals surface area (Å²) in [6, 6.07) is 7.68. The number of aromatic nitrogens is 1. The van der Waals surface area contributed by atoms with E-state index in [1.54, 1.807) is 17.5 Å². The van der Waals surface area contributed by atoms with Crippen LogP contribution in [-0.2, 0) is 16.1 Å². The number of hydrogen-bond acceptors (Lipinski definition) is 5. The number of pyridine rings is 1. The van der Waals surface area contributed by atoms with Gasteiger partial charge in [-0.05, 0) is 23.1 Å². The average Bonchev–Trinajstić information content (AvgIpc) is 3.17. The van der Waals surface area contributed by atoms with E-state index >= 15 is 0 Å². The lowest BCUT2D eigenvalue weighted by molar-refractivity contribution is -0.133. The first-order valence-electron chi connectivity index (χ1n) is 8.81. The zero-order chi connectivity index (χ0) is 18.4. The zero-order valence-corrected chi connectivity index (χ0v) is 15.7. The highest BCUT2D eigenvalue weighted by Crippen LogP contribution is 2.23. The van der Waals surface area contributed by atoms with Gasteiger partial charge in [0, 0.05) is 56.9 Å². The second-order valence-corrected chi connectivity index (χ2v) is 7.47. The van der Waals surface area contributed by atoms with Gasteiger partial charge in [0.1, 0.15) is 0 Å². The number of amides is 2. The van der Waals surface area contributed by atoms with Gasteiger partial charge in [0.2, 0.25) is 11.8 Å². The third-order valence-corrected chi connectivity index (χ3v) is 5.48. The van der Waals surface area contributed by atoms with Gasteiger partial charge in [-0.25, -0.2) is 0 Å². The molecule has 2 amide bonds. The van der Waals surface area contributed by atoms with Gasteiger partial charge in [-0.15, -0.1) is 11.3 Å². The molecular formula is C19H24N4O2S. The predicted molar refractivity (Wildman–Crippen MR) is 102 cm³/mol. The average molecular weight is 372 g/mol. The largest absolute Gasteiger partial charge is 0.348 e. The van der Waals surface area contributed by atoms with Crippen LogP contribution in [0.15, 0.2) is 42.0 Å². The molecule has 0 aliphatic carbocycles. The molecule has 1 atom stereocenters. The standard InChI is InChI=1S/C19H24N4O2S/c1-15(24)21-17(18-5-3-11-26-18)12-19(25)23-9-7-22(8-10-23)14-16-4-2-6-20-13-16/h2-6,11,13,17H,7-10,12,14H2,1H3,(H,21,24)/t17-/m1/s1. The molecule has 0 unspecified atom stereocenters. The number of rotatable bonds is 6. The molecule has 3 rings (SSSR count). The minimum absolute atomic E-state index is 0.0955. The van der Waals surface area contributed by atoms with Gasteiger partial charge < -0.3 is 10.2 Å². The Morgan fingerprint density at radius 1 is 1.23 bits per heavy atom. The number of nitrogens with zero attached hydrogens (tertiary/aromatic N) is 3. The number of carbonyl (C=O) groups is 2. The first-order valence-corrected chi connectivity index (χ1v) is 9.69. The minimum Gasteiger partial charge on any atom is -0.348 e. The van der Waals surface area contributed by atoms with E-state index in [2.05, 4.69) is 21.3 Å². The molecule has 0 aromatic carbocycles. The summed E-state index contributed by atoms with van der Waals surface area (Å²) >= 11 is 1.56. The van der Waals surface area contributed by atoms with Crippen molar-refractivity contribution in [2.75, 3.05) is 26.2 Å². The summed E-state index contributed by atoms with van der Waals surface area (Å²) in [6.45, 7) is 5.49. The lowest BCUT2D eigenvalue weighted by Crippen LogP contribution is -2.49. The Hall–Kier alpha value is -2.25. The Bertz CT molecular complexity index is 712. The zero-order valence-electron chi connectivity index (χ0n) is 14.9. The summed E-state index contributed by atoms with van der Waals surface area (Å²) < 4.78 is 0. The van der Waals surface area contributed by atoms with Gasteiger partial charge >= 0.3 is 0 Å². The summed E-state index contributed by atoms with van der Waals surface area (Å²) in [4.78, 5) is 33.6. The lowest BCUT2D eigenvalue weighted by atomic mass is 10.1. The summed E-state index contributed by atoms with van der Waals surface area (Å²) in [7, 11) is 0. The van der Waals surface area contributed by atoms with Crippen LogP contribution in [0.1, 0.15) is 29.8 Å². The first-order chi connectivity index (χ1) is 12.6. The first kappa shape index (κ1) is 18.5. The third-order valence-electron chi connectivity index (χ3n) is 4.50. The summed E-state index contributed by atoms with van der Waals surface area (Å²) in [5.74, 6) is -0.0179. The van der Waals surface area contributed by atoms with Crippen molar-refractivity contribution in [2.24, 2.45) is 0 Å². The van der Waals surface area contributed by atoms with Crippen LogP contribution in [-0.4, -0.2) is 52.8 Å². The van der Waals surface area contributed by atoms with E-state index in [1.807, 2.05) is 34.7 Å². The Morgan fingerprint density at radius 3 is 2.65 bits per heavy atom. The van der Waals surface area contributed by atoms with E-state index in [1.165, 1.54) is 12.5 Å². The van der Waals surface area contributed by atoms with Crippen LogP contribution < -0.4 is 5.32 Å². The van der Waals surface area contributed by atoms with E-state index in [0.717, 1.165) is 37.6 Å². The number of hydrogen-bond donors (Lipinski definition) is 1. The van der Waals surface area contributed by atoms with Crippen LogP contribution in [0.5, 0.6) is 0 Å². The van der Waals surface area contributed by atoms with Crippen molar-refractivity contribution in [3.8, 4) is 0 Å². The molecule has 0 saturated carbocycles. The van der Waals surface area contributed by atoms with Crippen LogP contribution in [0, 0.1) is 0 Å². The van der Waals surface area contributed by atoms with Gasteiger partial charge in [0.05, 0.1) is 12.5 Å². The van der Waals surface area contributed by atoms with Crippen molar-refractivity contribution in [3.05, 3.63) is 52.5 Å². The molecule has 1 aliphatic rings. The van der Waals surface area contributed by atoms with E-state index in [9.17, 15) is 9.59 Å². The molecule has 0 spiro atoms. The summed E-state index contributed by atoms with van der Waals surface area (Å²) in [5, 5.41) is 4.86. The maximum absolute atomic E-state index is 12.7. The molecule has 1 saturated heterocycles. The van der Waals surface area contributed by atoms with Gasteiger partial charge in [0.15, 0.2) is 0 Å². The number of carbonyl (C=O) groups excluding carboxylic acids is 2. The van der Waals surface area contributed by atoms with E-state index in [0.29, 0.717) is 6.42 Å². The highest BCUT2D eigenvalue weighted by molar-refractivity contribution is 7.10. The molecular weight excluding hydrogens is 348 g/mol. The van der Waals surface area contributed by atoms with Crippen molar-refractivity contribution in [1.82, 2.24) is 20.1 Å². The molecule has 3 heterocycles. The molecule has 1 fully saturated rings. The van der Waals surface area contributed by atoms with E-state index in [-0.39, 0.29) is 17.9 Å². The molecule has 0 radical (unpaired) electrons. The lowest BCUT2D eigenvalue weighted by Gasteiger charge is -2.35. The molecule has 1 N–H and O–H groups in total.